The Hall–Kier alpha value is -4.11. The number of carbonyl (C=O) groups excluding carboxylic acids is 1. The molecule has 9 heteroatoms. The molecule has 1 amide bonds. The Morgan fingerprint density at radius 1 is 1.00 bits per heavy atom. The van der Waals surface area contributed by atoms with Crippen LogP contribution in [0.1, 0.15) is 18.3 Å². The van der Waals surface area contributed by atoms with Gasteiger partial charge in [0.05, 0.1) is 11.9 Å². The van der Waals surface area contributed by atoms with Gasteiger partial charge in [-0.3, -0.25) is 9.10 Å². The fourth-order valence-electron chi connectivity index (χ4n) is 3.86. The van der Waals surface area contributed by atoms with E-state index in [9.17, 15) is 13.2 Å². The minimum Gasteiger partial charge on any atom is -0.457 e. The minimum absolute atomic E-state index is 0.272. The molecule has 0 saturated carbocycles. The summed E-state index contributed by atoms with van der Waals surface area (Å²) < 4.78 is 34.1. The van der Waals surface area contributed by atoms with Crippen LogP contribution >= 0.6 is 0 Å². The first-order valence-electron chi connectivity index (χ1n) is 11.4. The summed E-state index contributed by atoms with van der Waals surface area (Å²) >= 11 is 0. The molecule has 0 bridgehead atoms. The summed E-state index contributed by atoms with van der Waals surface area (Å²) in [6.45, 7) is 3.76. The molecule has 186 valence electrons. The van der Waals surface area contributed by atoms with Crippen molar-refractivity contribution >= 4 is 21.6 Å². The average molecular weight is 505 g/mol. The van der Waals surface area contributed by atoms with E-state index in [-0.39, 0.29) is 6.54 Å². The number of imidazole rings is 1. The third-order valence-electron chi connectivity index (χ3n) is 5.67. The maximum Gasteiger partial charge on any atom is 0.243 e. The fourth-order valence-corrected chi connectivity index (χ4v) is 5.03. The maximum atomic E-state index is 12.9. The van der Waals surface area contributed by atoms with Crippen molar-refractivity contribution in [1.29, 1.82) is 0 Å². The van der Waals surface area contributed by atoms with Gasteiger partial charge in [-0.15, -0.1) is 0 Å². The van der Waals surface area contributed by atoms with E-state index in [0.29, 0.717) is 17.2 Å². The first-order valence-corrected chi connectivity index (χ1v) is 13.3. The highest BCUT2D eigenvalue weighted by atomic mass is 32.2. The predicted molar refractivity (Wildman–Crippen MR) is 140 cm³/mol. The van der Waals surface area contributed by atoms with Gasteiger partial charge >= 0.3 is 0 Å². The van der Waals surface area contributed by atoms with Gasteiger partial charge in [0.25, 0.3) is 0 Å². The molecule has 0 fully saturated rings. The zero-order chi connectivity index (χ0) is 25.7. The molecule has 1 N–H and O–H groups in total. The Morgan fingerprint density at radius 3 is 2.22 bits per heavy atom. The summed E-state index contributed by atoms with van der Waals surface area (Å²) in [7, 11) is -3.73. The highest BCUT2D eigenvalue weighted by Crippen LogP contribution is 2.27. The molecular formula is C27H28N4O4S. The lowest BCUT2D eigenvalue weighted by Gasteiger charge is -2.28. The normalized spacial score (nSPS) is 12.1. The lowest BCUT2D eigenvalue weighted by molar-refractivity contribution is -0.122. The van der Waals surface area contributed by atoms with Gasteiger partial charge in [0.1, 0.15) is 23.4 Å². The molecule has 0 aliphatic carbocycles. The van der Waals surface area contributed by atoms with Crippen LogP contribution in [0.5, 0.6) is 11.5 Å². The van der Waals surface area contributed by atoms with Gasteiger partial charge in [-0.1, -0.05) is 30.3 Å². The van der Waals surface area contributed by atoms with E-state index in [2.05, 4.69) is 10.3 Å². The number of para-hydroxylation sites is 1. The molecule has 0 unspecified atom stereocenters. The zero-order valence-electron chi connectivity index (χ0n) is 20.3. The van der Waals surface area contributed by atoms with Gasteiger partial charge in [-0.25, -0.2) is 13.4 Å². The quantitative estimate of drug-likeness (QED) is 0.364. The molecule has 0 saturated heterocycles. The van der Waals surface area contributed by atoms with Crippen LogP contribution in [0.3, 0.4) is 0 Å². The summed E-state index contributed by atoms with van der Waals surface area (Å²) in [6, 6.07) is 22.7. The summed E-state index contributed by atoms with van der Waals surface area (Å²) in [6.07, 6.45) is 4.71. The second kappa shape index (κ2) is 10.7. The topological polar surface area (TPSA) is 93.5 Å². The first-order chi connectivity index (χ1) is 17.2. The Bertz CT molecular complexity index is 1420. The van der Waals surface area contributed by atoms with E-state index < -0.39 is 22.0 Å². The molecule has 1 heterocycles. The van der Waals surface area contributed by atoms with Crippen LogP contribution in [0.15, 0.2) is 91.3 Å². The Balaban J connectivity index is 1.43. The van der Waals surface area contributed by atoms with E-state index in [4.69, 9.17) is 4.74 Å². The van der Waals surface area contributed by atoms with Crippen molar-refractivity contribution in [2.45, 2.75) is 26.4 Å². The molecule has 3 aromatic carbocycles. The van der Waals surface area contributed by atoms with Crippen molar-refractivity contribution in [3.8, 4) is 17.2 Å². The number of carbonyl (C=O) groups is 1. The Labute approximate surface area is 211 Å². The number of hydrogen-bond donors (Lipinski definition) is 1. The van der Waals surface area contributed by atoms with Crippen molar-refractivity contribution in [3.05, 3.63) is 103 Å². The number of aryl methyl sites for hydroxylation is 1. The van der Waals surface area contributed by atoms with Crippen LogP contribution in [0.4, 0.5) is 5.69 Å². The van der Waals surface area contributed by atoms with Gasteiger partial charge in [0, 0.05) is 24.6 Å². The molecule has 4 rings (SSSR count). The molecule has 1 atom stereocenters. The zero-order valence-corrected chi connectivity index (χ0v) is 21.1. The predicted octanol–water partition coefficient (Wildman–Crippen LogP) is 4.44. The van der Waals surface area contributed by atoms with E-state index in [1.807, 2.05) is 72.3 Å². The molecule has 8 nitrogen and oxygen atoms in total. The summed E-state index contributed by atoms with van der Waals surface area (Å²) in [4.78, 5) is 17.2. The maximum absolute atomic E-state index is 12.9. The fraction of sp³-hybridized carbons (Fsp3) is 0.185. The SMILES string of the molecule is Cc1nccn1-c1ccc(CNC(=O)[C@H](C)N(c2ccc(Oc3ccccc3)cc2)S(C)(=O)=O)cc1. The molecule has 36 heavy (non-hydrogen) atoms. The molecular weight excluding hydrogens is 476 g/mol. The van der Waals surface area contributed by atoms with E-state index >= 15 is 0 Å². The molecule has 0 aliphatic heterocycles. The Kier molecular flexibility index (Phi) is 7.40. The smallest absolute Gasteiger partial charge is 0.243 e. The van der Waals surface area contributed by atoms with Gasteiger partial charge in [-0.05, 0) is 67.9 Å². The summed E-state index contributed by atoms with van der Waals surface area (Å²) in [5, 5.41) is 2.84. The van der Waals surface area contributed by atoms with Crippen LogP contribution in [-0.4, -0.2) is 36.2 Å². The number of ether oxygens (including phenoxy) is 1. The number of benzene rings is 3. The van der Waals surface area contributed by atoms with E-state index in [1.165, 1.54) is 0 Å². The highest BCUT2D eigenvalue weighted by Gasteiger charge is 2.29. The third-order valence-corrected chi connectivity index (χ3v) is 6.91. The van der Waals surface area contributed by atoms with Crippen molar-refractivity contribution in [2.75, 3.05) is 10.6 Å². The van der Waals surface area contributed by atoms with Gasteiger partial charge in [-0.2, -0.15) is 0 Å². The largest absolute Gasteiger partial charge is 0.457 e. The number of nitrogens with one attached hydrogen (secondary N) is 1. The molecule has 1 aromatic heterocycles. The number of nitrogens with zero attached hydrogens (tertiary/aromatic N) is 3. The molecule has 4 aromatic rings. The summed E-state index contributed by atoms with van der Waals surface area (Å²) in [5.41, 5.74) is 2.24. The van der Waals surface area contributed by atoms with Crippen LogP contribution in [-0.2, 0) is 21.4 Å². The molecule has 0 spiro atoms. The van der Waals surface area contributed by atoms with Crippen LogP contribution in [0, 0.1) is 6.92 Å². The van der Waals surface area contributed by atoms with Crippen molar-refractivity contribution in [2.24, 2.45) is 0 Å². The van der Waals surface area contributed by atoms with Crippen LogP contribution < -0.4 is 14.4 Å². The lowest BCUT2D eigenvalue weighted by Crippen LogP contribution is -2.47. The number of sulfonamides is 1. The molecule has 0 aliphatic rings. The van der Waals surface area contributed by atoms with Crippen molar-refractivity contribution < 1.29 is 17.9 Å². The average Bonchev–Trinajstić information content (AvgIpc) is 3.29. The Morgan fingerprint density at radius 2 is 1.64 bits per heavy atom. The number of anilines is 1. The van der Waals surface area contributed by atoms with E-state index in [0.717, 1.165) is 27.6 Å². The monoisotopic (exact) mass is 504 g/mol. The highest BCUT2D eigenvalue weighted by molar-refractivity contribution is 7.92. The first kappa shape index (κ1) is 25.0. The van der Waals surface area contributed by atoms with Gasteiger partial charge in [0.2, 0.25) is 15.9 Å². The second-order valence-corrected chi connectivity index (χ2v) is 10.2. The van der Waals surface area contributed by atoms with E-state index in [1.54, 1.807) is 37.4 Å². The van der Waals surface area contributed by atoms with Crippen LogP contribution in [0.2, 0.25) is 0 Å². The summed E-state index contributed by atoms with van der Waals surface area (Å²) in [5.74, 6) is 1.71. The van der Waals surface area contributed by atoms with Crippen LogP contribution in [0.25, 0.3) is 5.69 Å². The standard InChI is InChI=1S/C27H28N4O4S/c1-20(27(32)29-19-22-9-11-23(12-10-22)30-18-17-28-21(30)2)31(36(3,33)34)24-13-15-26(16-14-24)35-25-7-5-4-6-8-25/h4-18,20H,19H2,1-3H3,(H,29,32)/t20-/m0/s1. The van der Waals surface area contributed by atoms with Crippen molar-refractivity contribution in [1.82, 2.24) is 14.9 Å². The van der Waals surface area contributed by atoms with Gasteiger partial charge in [0.15, 0.2) is 0 Å². The third kappa shape index (κ3) is 5.92. The number of aromatic nitrogens is 2. The minimum atomic E-state index is -3.73. The van der Waals surface area contributed by atoms with Crippen molar-refractivity contribution in [3.63, 3.8) is 0 Å². The second-order valence-electron chi connectivity index (χ2n) is 8.37. The molecule has 0 radical (unpaired) electrons. The number of rotatable bonds is 9. The number of amides is 1. The number of hydrogen-bond acceptors (Lipinski definition) is 5. The lowest BCUT2D eigenvalue weighted by atomic mass is 10.2. The van der Waals surface area contributed by atoms with Gasteiger partial charge < -0.3 is 14.6 Å².